The van der Waals surface area contributed by atoms with Gasteiger partial charge in [0.2, 0.25) is 0 Å². The fourth-order valence-electron chi connectivity index (χ4n) is 2.91. The normalized spacial score (nSPS) is 16.9. The van der Waals surface area contributed by atoms with Crippen LogP contribution in [-0.4, -0.2) is 34.0 Å². The van der Waals surface area contributed by atoms with Crippen LogP contribution in [0.15, 0.2) is 29.5 Å². The standard InChI is InChI=1S/C17H22N6/c1-2-9-23-11-20-16(19-10-12-5-7-18-8-6-12)14-17(23)22-15(21-14)13-3-4-13/h5-8,13H,2-4,9-11H2,1H3,(H,19,20)(H,21,22). The molecule has 6 heteroatoms. The van der Waals surface area contributed by atoms with Crippen LogP contribution in [0.5, 0.6) is 0 Å². The molecule has 0 unspecified atom stereocenters. The summed E-state index contributed by atoms with van der Waals surface area (Å²) in [6, 6.07) is 4.03. The Hall–Kier alpha value is -2.37. The van der Waals surface area contributed by atoms with E-state index in [4.69, 9.17) is 9.98 Å². The predicted molar refractivity (Wildman–Crippen MR) is 90.7 cm³/mol. The van der Waals surface area contributed by atoms with Crippen LogP contribution in [0.25, 0.3) is 0 Å². The van der Waals surface area contributed by atoms with Crippen molar-refractivity contribution in [1.82, 2.24) is 20.3 Å². The Bertz CT molecular complexity index is 701. The van der Waals surface area contributed by atoms with Crippen molar-refractivity contribution in [3.05, 3.63) is 41.6 Å². The molecule has 0 radical (unpaired) electrons. The van der Waals surface area contributed by atoms with Gasteiger partial charge in [-0.3, -0.25) is 4.98 Å². The average Bonchev–Trinajstić information content (AvgIpc) is 3.34. The van der Waals surface area contributed by atoms with Crippen LogP contribution < -0.4 is 10.2 Å². The molecule has 2 N–H and O–H groups in total. The third-order valence-electron chi connectivity index (χ3n) is 4.31. The lowest BCUT2D eigenvalue weighted by molar-refractivity contribution is 0.749. The number of hydrogen-bond acceptors (Lipinski definition) is 5. The Balaban J connectivity index is 1.56. The van der Waals surface area contributed by atoms with E-state index in [1.54, 1.807) is 0 Å². The topological polar surface area (TPSA) is 69.2 Å². The molecule has 0 atom stereocenters. The number of nitrogens with one attached hydrogen (secondary N) is 2. The first-order valence-electron chi connectivity index (χ1n) is 8.37. The minimum absolute atomic E-state index is 0.616. The number of aliphatic imine (C=N–C) groups is 1. The van der Waals surface area contributed by atoms with Crippen molar-refractivity contribution in [2.75, 3.05) is 18.1 Å². The number of fused-ring (bicyclic) bond motifs is 1. The summed E-state index contributed by atoms with van der Waals surface area (Å²) in [5.41, 5.74) is 2.24. The van der Waals surface area contributed by atoms with Crippen molar-refractivity contribution >= 4 is 11.7 Å². The maximum Gasteiger partial charge on any atom is 0.159 e. The van der Waals surface area contributed by atoms with Crippen molar-refractivity contribution in [3.8, 4) is 0 Å². The molecule has 1 aliphatic heterocycles. The maximum absolute atomic E-state index is 4.86. The summed E-state index contributed by atoms with van der Waals surface area (Å²) in [4.78, 5) is 19.4. The number of aromatic amines is 1. The van der Waals surface area contributed by atoms with Gasteiger partial charge in [0.25, 0.3) is 0 Å². The van der Waals surface area contributed by atoms with Gasteiger partial charge in [-0.2, -0.15) is 0 Å². The number of pyridine rings is 1. The molecule has 4 rings (SSSR count). The fraction of sp³-hybridized carbons (Fsp3) is 0.471. The quantitative estimate of drug-likeness (QED) is 0.890. The number of H-pyrrole nitrogens is 1. The van der Waals surface area contributed by atoms with Gasteiger partial charge in [-0.05, 0) is 37.0 Å². The molecular weight excluding hydrogens is 288 g/mol. The Morgan fingerprint density at radius 2 is 2.13 bits per heavy atom. The second-order valence-corrected chi connectivity index (χ2v) is 6.22. The predicted octanol–water partition coefficient (Wildman–Crippen LogP) is 2.41. The number of aromatic nitrogens is 3. The maximum atomic E-state index is 4.86. The summed E-state index contributed by atoms with van der Waals surface area (Å²) in [7, 11) is 0. The molecule has 2 aliphatic rings. The van der Waals surface area contributed by atoms with E-state index < -0.39 is 0 Å². The van der Waals surface area contributed by atoms with E-state index in [0.717, 1.165) is 42.7 Å². The summed E-state index contributed by atoms with van der Waals surface area (Å²) >= 11 is 0. The van der Waals surface area contributed by atoms with E-state index in [0.29, 0.717) is 12.6 Å². The summed E-state index contributed by atoms with van der Waals surface area (Å²) in [6.45, 7) is 4.60. The van der Waals surface area contributed by atoms with E-state index >= 15 is 0 Å². The van der Waals surface area contributed by atoms with E-state index in [1.807, 2.05) is 24.5 Å². The van der Waals surface area contributed by atoms with Crippen LogP contribution in [0.2, 0.25) is 0 Å². The Labute approximate surface area is 136 Å². The van der Waals surface area contributed by atoms with Crippen LogP contribution >= 0.6 is 0 Å². The molecule has 1 fully saturated rings. The smallest absolute Gasteiger partial charge is 0.159 e. The minimum Gasteiger partial charge on any atom is -0.364 e. The van der Waals surface area contributed by atoms with E-state index in [9.17, 15) is 0 Å². The van der Waals surface area contributed by atoms with Gasteiger partial charge in [-0.1, -0.05) is 6.92 Å². The van der Waals surface area contributed by atoms with Gasteiger partial charge in [0.05, 0.1) is 0 Å². The van der Waals surface area contributed by atoms with Crippen molar-refractivity contribution in [2.45, 2.75) is 38.6 Å². The van der Waals surface area contributed by atoms with Gasteiger partial charge >= 0.3 is 0 Å². The molecule has 0 aromatic carbocycles. The van der Waals surface area contributed by atoms with Gasteiger partial charge in [-0.25, -0.2) is 9.98 Å². The van der Waals surface area contributed by atoms with Crippen LogP contribution in [0.3, 0.4) is 0 Å². The largest absolute Gasteiger partial charge is 0.364 e. The molecule has 0 bridgehead atoms. The minimum atomic E-state index is 0.616. The second-order valence-electron chi connectivity index (χ2n) is 6.22. The molecule has 6 nitrogen and oxygen atoms in total. The number of imidazole rings is 1. The van der Waals surface area contributed by atoms with Crippen LogP contribution in [-0.2, 0) is 6.54 Å². The van der Waals surface area contributed by atoms with Crippen molar-refractivity contribution in [3.63, 3.8) is 0 Å². The number of nitrogens with zero attached hydrogens (tertiary/aromatic N) is 4. The zero-order chi connectivity index (χ0) is 15.6. The molecule has 120 valence electrons. The van der Waals surface area contributed by atoms with Crippen molar-refractivity contribution in [1.29, 1.82) is 0 Å². The lowest BCUT2D eigenvalue weighted by atomic mass is 10.2. The summed E-state index contributed by atoms with van der Waals surface area (Å²) in [6.07, 6.45) is 7.22. The first-order chi connectivity index (χ1) is 11.3. The fourth-order valence-corrected chi connectivity index (χ4v) is 2.91. The van der Waals surface area contributed by atoms with Crippen LogP contribution in [0, 0.1) is 0 Å². The van der Waals surface area contributed by atoms with E-state index in [-0.39, 0.29) is 0 Å². The molecule has 0 saturated heterocycles. The first-order valence-corrected chi connectivity index (χ1v) is 8.37. The summed E-state index contributed by atoms with van der Waals surface area (Å²) in [5, 5.41) is 3.45. The van der Waals surface area contributed by atoms with Gasteiger partial charge in [-0.15, -0.1) is 0 Å². The Kier molecular flexibility index (Phi) is 3.73. The highest BCUT2D eigenvalue weighted by molar-refractivity contribution is 6.02. The molecule has 2 aromatic heterocycles. The van der Waals surface area contributed by atoms with Crippen molar-refractivity contribution in [2.24, 2.45) is 4.99 Å². The average molecular weight is 310 g/mol. The summed E-state index contributed by atoms with van der Waals surface area (Å²) < 4.78 is 0. The van der Waals surface area contributed by atoms with Gasteiger partial charge < -0.3 is 15.2 Å². The van der Waals surface area contributed by atoms with E-state index in [1.165, 1.54) is 18.4 Å². The zero-order valence-electron chi connectivity index (χ0n) is 13.4. The monoisotopic (exact) mass is 310 g/mol. The molecule has 1 saturated carbocycles. The van der Waals surface area contributed by atoms with Gasteiger partial charge in [0.15, 0.2) is 11.7 Å². The highest BCUT2D eigenvalue weighted by atomic mass is 15.3. The molecule has 23 heavy (non-hydrogen) atoms. The number of amidine groups is 1. The number of rotatable bonds is 5. The van der Waals surface area contributed by atoms with E-state index in [2.05, 4.69) is 27.1 Å². The third-order valence-corrected chi connectivity index (χ3v) is 4.31. The highest BCUT2D eigenvalue weighted by Crippen LogP contribution is 2.40. The molecule has 3 heterocycles. The molecule has 2 aromatic rings. The molecule has 0 amide bonds. The Morgan fingerprint density at radius 1 is 1.30 bits per heavy atom. The van der Waals surface area contributed by atoms with Gasteiger partial charge in [0.1, 0.15) is 18.2 Å². The SMILES string of the molecule is CCCN1CN=C(NCc2ccncc2)c2[nH]c(C3CC3)nc21. The Morgan fingerprint density at radius 3 is 2.87 bits per heavy atom. The molecule has 1 aliphatic carbocycles. The first kappa shape index (κ1) is 14.2. The lowest BCUT2D eigenvalue weighted by Gasteiger charge is -2.26. The second kappa shape index (κ2) is 6.02. The summed E-state index contributed by atoms with van der Waals surface area (Å²) in [5.74, 6) is 3.71. The third kappa shape index (κ3) is 2.93. The zero-order valence-corrected chi connectivity index (χ0v) is 13.4. The molecular formula is C17H22N6. The lowest BCUT2D eigenvalue weighted by Crippen LogP contribution is -2.35. The molecule has 0 spiro atoms. The van der Waals surface area contributed by atoms with Gasteiger partial charge in [0, 0.05) is 31.4 Å². The highest BCUT2D eigenvalue weighted by Gasteiger charge is 2.31. The van der Waals surface area contributed by atoms with Crippen LogP contribution in [0.1, 0.15) is 49.2 Å². The number of hydrogen-bond donors (Lipinski definition) is 2. The van der Waals surface area contributed by atoms with Crippen molar-refractivity contribution < 1.29 is 0 Å². The number of anilines is 1. The van der Waals surface area contributed by atoms with Crippen LogP contribution in [0.4, 0.5) is 5.82 Å².